The predicted octanol–water partition coefficient (Wildman–Crippen LogP) is 4.81. The molecule has 0 atom stereocenters. The topological polar surface area (TPSA) is 41.4 Å². The van der Waals surface area contributed by atoms with Crippen molar-refractivity contribution >= 4 is 33.1 Å². The standard InChI is InChI=1S/C24H23FN4OS/c1-16-7-8-17(2)29(16)24-26-20-10-9-18(15-22(20)31-24)23(30)28-13-11-27(12-14-28)21-6-4-3-5-19(21)25/h3-10,15H,11-14H2,1-2H3. The number of hydrogen-bond acceptors (Lipinski definition) is 4. The van der Waals surface area contributed by atoms with Crippen LogP contribution in [0.2, 0.25) is 0 Å². The number of fused-ring (bicyclic) bond motifs is 1. The Morgan fingerprint density at radius 2 is 1.68 bits per heavy atom. The summed E-state index contributed by atoms with van der Waals surface area (Å²) in [6, 6.07) is 16.7. The summed E-state index contributed by atoms with van der Waals surface area (Å²) in [5, 5.41) is 0.915. The average molecular weight is 435 g/mol. The molecule has 1 saturated heterocycles. The number of nitrogens with zero attached hydrogens (tertiary/aromatic N) is 4. The number of piperazine rings is 1. The van der Waals surface area contributed by atoms with E-state index in [1.54, 1.807) is 23.5 Å². The molecule has 158 valence electrons. The van der Waals surface area contributed by atoms with Gasteiger partial charge in [-0.1, -0.05) is 23.5 Å². The number of carbonyl (C=O) groups is 1. The van der Waals surface area contributed by atoms with Gasteiger partial charge in [0.25, 0.3) is 5.91 Å². The molecule has 1 fully saturated rings. The second-order valence-corrected chi connectivity index (χ2v) is 8.87. The molecule has 0 N–H and O–H groups in total. The lowest BCUT2D eigenvalue weighted by Crippen LogP contribution is -2.49. The molecule has 0 saturated carbocycles. The van der Waals surface area contributed by atoms with Gasteiger partial charge < -0.3 is 9.80 Å². The Hall–Kier alpha value is -3.19. The number of benzene rings is 2. The first kappa shape index (κ1) is 19.8. The van der Waals surface area contributed by atoms with Crippen LogP contribution < -0.4 is 4.90 Å². The van der Waals surface area contributed by atoms with Crippen molar-refractivity contribution in [3.63, 3.8) is 0 Å². The maximum absolute atomic E-state index is 14.1. The largest absolute Gasteiger partial charge is 0.366 e. The number of rotatable bonds is 3. The van der Waals surface area contributed by atoms with Gasteiger partial charge in [-0.25, -0.2) is 9.37 Å². The molecule has 1 aliphatic rings. The average Bonchev–Trinajstić information content (AvgIpc) is 3.35. The number of hydrogen-bond donors (Lipinski definition) is 0. The summed E-state index contributed by atoms with van der Waals surface area (Å²) in [7, 11) is 0. The third-order valence-electron chi connectivity index (χ3n) is 5.85. The number of aryl methyl sites for hydroxylation is 2. The monoisotopic (exact) mass is 434 g/mol. The van der Waals surface area contributed by atoms with E-state index < -0.39 is 0 Å². The van der Waals surface area contributed by atoms with Crippen LogP contribution in [-0.2, 0) is 0 Å². The van der Waals surface area contributed by atoms with E-state index in [9.17, 15) is 9.18 Å². The van der Waals surface area contributed by atoms with Crippen molar-refractivity contribution in [2.75, 3.05) is 31.1 Å². The molecule has 1 amide bonds. The second-order valence-electron chi connectivity index (χ2n) is 7.86. The minimum absolute atomic E-state index is 0.0124. The van der Waals surface area contributed by atoms with Gasteiger partial charge in [0, 0.05) is 43.1 Å². The van der Waals surface area contributed by atoms with E-state index in [1.807, 2.05) is 34.1 Å². The van der Waals surface area contributed by atoms with Gasteiger partial charge in [-0.3, -0.25) is 9.36 Å². The molecular formula is C24H23FN4OS. The maximum atomic E-state index is 14.1. The minimum atomic E-state index is -0.220. The highest BCUT2D eigenvalue weighted by Gasteiger charge is 2.24. The third-order valence-corrected chi connectivity index (χ3v) is 6.85. The van der Waals surface area contributed by atoms with Crippen molar-refractivity contribution < 1.29 is 9.18 Å². The second kappa shape index (κ2) is 7.81. The predicted molar refractivity (Wildman–Crippen MR) is 123 cm³/mol. The maximum Gasteiger partial charge on any atom is 0.254 e. The van der Waals surface area contributed by atoms with Crippen molar-refractivity contribution in [3.8, 4) is 5.13 Å². The fraction of sp³-hybridized carbons (Fsp3) is 0.250. The molecule has 0 radical (unpaired) electrons. The molecule has 7 heteroatoms. The summed E-state index contributed by atoms with van der Waals surface area (Å²) in [6.45, 7) is 6.50. The zero-order valence-corrected chi connectivity index (χ0v) is 18.3. The van der Waals surface area contributed by atoms with Crippen molar-refractivity contribution in [2.24, 2.45) is 0 Å². The van der Waals surface area contributed by atoms with E-state index in [4.69, 9.17) is 4.98 Å². The van der Waals surface area contributed by atoms with E-state index in [0.717, 1.165) is 26.7 Å². The van der Waals surface area contributed by atoms with Crippen LogP contribution in [0.4, 0.5) is 10.1 Å². The molecule has 5 rings (SSSR count). The van der Waals surface area contributed by atoms with Crippen molar-refractivity contribution in [2.45, 2.75) is 13.8 Å². The van der Waals surface area contributed by atoms with Crippen LogP contribution in [-0.4, -0.2) is 46.5 Å². The van der Waals surface area contributed by atoms with Crippen LogP contribution in [0, 0.1) is 19.7 Å². The highest BCUT2D eigenvalue weighted by molar-refractivity contribution is 7.20. The van der Waals surface area contributed by atoms with Gasteiger partial charge in [0.1, 0.15) is 5.82 Å². The van der Waals surface area contributed by atoms with Gasteiger partial charge >= 0.3 is 0 Å². The first-order valence-corrected chi connectivity index (χ1v) is 11.2. The Morgan fingerprint density at radius 1 is 0.968 bits per heavy atom. The van der Waals surface area contributed by atoms with Gasteiger partial charge in [0.15, 0.2) is 5.13 Å². The number of amides is 1. The van der Waals surface area contributed by atoms with E-state index in [1.165, 1.54) is 6.07 Å². The summed E-state index contributed by atoms with van der Waals surface area (Å²) >= 11 is 1.59. The Balaban J connectivity index is 1.34. The molecule has 2 aromatic heterocycles. The van der Waals surface area contributed by atoms with E-state index in [0.29, 0.717) is 37.4 Å². The van der Waals surface area contributed by atoms with Crippen LogP contribution in [0.25, 0.3) is 15.3 Å². The molecular weight excluding hydrogens is 411 g/mol. The molecule has 2 aromatic carbocycles. The van der Waals surface area contributed by atoms with Crippen LogP contribution in [0.3, 0.4) is 0 Å². The summed E-state index contributed by atoms with van der Waals surface area (Å²) in [6.07, 6.45) is 0. The van der Waals surface area contributed by atoms with Crippen LogP contribution in [0.5, 0.6) is 0 Å². The van der Waals surface area contributed by atoms with Crippen molar-refractivity contribution in [3.05, 3.63) is 77.4 Å². The SMILES string of the molecule is Cc1ccc(C)n1-c1nc2ccc(C(=O)N3CCN(c4ccccc4F)CC3)cc2s1. The summed E-state index contributed by atoms with van der Waals surface area (Å²) in [5.74, 6) is -0.208. The van der Waals surface area contributed by atoms with Crippen LogP contribution in [0.15, 0.2) is 54.6 Å². The molecule has 31 heavy (non-hydrogen) atoms. The highest BCUT2D eigenvalue weighted by atomic mass is 32.1. The van der Waals surface area contributed by atoms with E-state index in [-0.39, 0.29) is 11.7 Å². The minimum Gasteiger partial charge on any atom is -0.366 e. The third kappa shape index (κ3) is 3.59. The van der Waals surface area contributed by atoms with Crippen molar-refractivity contribution in [1.82, 2.24) is 14.5 Å². The normalized spacial score (nSPS) is 14.4. The molecule has 0 aliphatic carbocycles. The van der Waals surface area contributed by atoms with Gasteiger partial charge in [-0.15, -0.1) is 0 Å². The first-order chi connectivity index (χ1) is 15.0. The van der Waals surface area contributed by atoms with Crippen molar-refractivity contribution in [1.29, 1.82) is 0 Å². The smallest absolute Gasteiger partial charge is 0.254 e. The number of aromatic nitrogens is 2. The van der Waals surface area contributed by atoms with Crippen LogP contribution in [0.1, 0.15) is 21.7 Å². The lowest BCUT2D eigenvalue weighted by Gasteiger charge is -2.36. The molecule has 0 spiro atoms. The Labute approximate surface area is 184 Å². The molecule has 1 aliphatic heterocycles. The van der Waals surface area contributed by atoms with E-state index >= 15 is 0 Å². The van der Waals surface area contributed by atoms with Gasteiger partial charge in [0.05, 0.1) is 15.9 Å². The quantitative estimate of drug-likeness (QED) is 0.465. The van der Waals surface area contributed by atoms with E-state index in [2.05, 4.69) is 30.5 Å². The summed E-state index contributed by atoms with van der Waals surface area (Å²) < 4.78 is 17.2. The Morgan fingerprint density at radius 3 is 2.39 bits per heavy atom. The number of thiazole rings is 1. The summed E-state index contributed by atoms with van der Waals surface area (Å²) in [5.41, 5.74) is 4.45. The highest BCUT2D eigenvalue weighted by Crippen LogP contribution is 2.29. The Kier molecular flexibility index (Phi) is 4.98. The Bertz CT molecular complexity index is 1250. The van der Waals surface area contributed by atoms with Gasteiger partial charge in [-0.2, -0.15) is 0 Å². The lowest BCUT2D eigenvalue weighted by molar-refractivity contribution is 0.0747. The molecule has 3 heterocycles. The zero-order valence-electron chi connectivity index (χ0n) is 17.5. The number of carbonyl (C=O) groups excluding carboxylic acids is 1. The van der Waals surface area contributed by atoms with Gasteiger partial charge in [0.2, 0.25) is 0 Å². The molecule has 0 unspecified atom stereocenters. The zero-order chi connectivity index (χ0) is 21.5. The van der Waals surface area contributed by atoms with Crippen LogP contribution >= 0.6 is 11.3 Å². The summed E-state index contributed by atoms with van der Waals surface area (Å²) in [4.78, 5) is 21.7. The molecule has 0 bridgehead atoms. The number of anilines is 1. The lowest BCUT2D eigenvalue weighted by atomic mass is 10.1. The van der Waals surface area contributed by atoms with Gasteiger partial charge in [-0.05, 0) is 56.3 Å². The fourth-order valence-corrected chi connectivity index (χ4v) is 5.28. The molecule has 4 aromatic rings. The fourth-order valence-electron chi connectivity index (χ4n) is 4.15. The number of halogens is 1. The number of para-hydroxylation sites is 1. The molecule has 5 nitrogen and oxygen atoms in total. The first-order valence-electron chi connectivity index (χ1n) is 10.4.